The molecule has 8 rings (SSSR count). The first-order valence-electron chi connectivity index (χ1n) is 16.2. The van der Waals surface area contributed by atoms with Gasteiger partial charge in [-0.2, -0.15) is 0 Å². The van der Waals surface area contributed by atoms with E-state index in [0.29, 0.717) is 35.3 Å². The van der Waals surface area contributed by atoms with Crippen LogP contribution in [0.4, 0.5) is 0 Å². The molecule has 1 saturated heterocycles. The van der Waals surface area contributed by atoms with Crippen molar-refractivity contribution >= 4 is 33.9 Å². The highest BCUT2D eigenvalue weighted by Crippen LogP contribution is 2.40. The minimum atomic E-state index is -0.0271. The second-order valence-electron chi connectivity index (χ2n) is 13.5. The molecule has 10 nitrogen and oxygen atoms in total. The lowest BCUT2D eigenvalue weighted by atomic mass is 10.1. The number of carbonyl (C=O) groups excluding carboxylic acids is 2. The summed E-state index contributed by atoms with van der Waals surface area (Å²) in [6.07, 6.45) is 4.46. The molecule has 4 heterocycles. The summed E-state index contributed by atoms with van der Waals surface area (Å²) in [4.78, 5) is 40.0. The number of aryl methyl sites for hydroxylation is 1. The number of hydrogen-bond donors (Lipinski definition) is 1. The van der Waals surface area contributed by atoms with Gasteiger partial charge in [0.1, 0.15) is 16.9 Å². The van der Waals surface area contributed by atoms with Crippen LogP contribution in [0.2, 0.25) is 0 Å². The fourth-order valence-electron chi connectivity index (χ4n) is 7.53. The summed E-state index contributed by atoms with van der Waals surface area (Å²) in [6.45, 7) is 1.57. The van der Waals surface area contributed by atoms with E-state index in [-0.39, 0.29) is 23.9 Å². The van der Waals surface area contributed by atoms with E-state index in [0.717, 1.165) is 64.2 Å². The Kier molecular flexibility index (Phi) is 6.68. The number of carbonyl (C=O) groups is 2. The van der Waals surface area contributed by atoms with Crippen molar-refractivity contribution in [2.45, 2.75) is 44.3 Å². The molecule has 236 valence electrons. The van der Waals surface area contributed by atoms with Gasteiger partial charge in [0, 0.05) is 68.4 Å². The second kappa shape index (κ2) is 10.7. The van der Waals surface area contributed by atoms with Crippen LogP contribution in [0.15, 0.2) is 54.6 Å². The van der Waals surface area contributed by atoms with Gasteiger partial charge in [0.2, 0.25) is 0 Å². The van der Waals surface area contributed by atoms with E-state index in [1.807, 2.05) is 54.4 Å². The number of nitrogens with two attached hydrogens (primary N) is 1. The zero-order chi connectivity index (χ0) is 31.9. The molecule has 46 heavy (non-hydrogen) atoms. The summed E-state index contributed by atoms with van der Waals surface area (Å²) >= 11 is 0. The number of likely N-dealkylation sites (tertiary alicyclic amines) is 1. The van der Waals surface area contributed by atoms with Crippen LogP contribution in [-0.4, -0.2) is 80.5 Å². The fraction of sp³-hybridized carbons (Fsp3) is 0.389. The number of nitrogens with zero attached hydrogens (tertiary/aromatic N) is 6. The van der Waals surface area contributed by atoms with Gasteiger partial charge >= 0.3 is 0 Å². The summed E-state index contributed by atoms with van der Waals surface area (Å²) in [5.74, 6) is 2.38. The first-order chi connectivity index (χ1) is 22.2. The van der Waals surface area contributed by atoms with E-state index >= 15 is 0 Å². The van der Waals surface area contributed by atoms with Crippen LogP contribution in [0.5, 0.6) is 5.75 Å². The summed E-state index contributed by atoms with van der Waals surface area (Å²) in [5.41, 5.74) is 12.9. The van der Waals surface area contributed by atoms with Crippen LogP contribution in [0.3, 0.4) is 0 Å². The molecule has 10 heteroatoms. The fourth-order valence-corrected chi connectivity index (χ4v) is 7.53. The Hall–Kier alpha value is -4.70. The molecule has 3 aliphatic rings. The van der Waals surface area contributed by atoms with Crippen LogP contribution in [0.25, 0.3) is 44.8 Å². The number of aromatic nitrogens is 4. The van der Waals surface area contributed by atoms with Crippen molar-refractivity contribution in [3.05, 3.63) is 65.7 Å². The van der Waals surface area contributed by atoms with Gasteiger partial charge in [-0.05, 0) is 80.0 Å². The van der Waals surface area contributed by atoms with Gasteiger partial charge in [0.05, 0.1) is 24.0 Å². The first kappa shape index (κ1) is 28.8. The largest absolute Gasteiger partial charge is 0.494 e. The third-order valence-corrected chi connectivity index (χ3v) is 10.3. The Morgan fingerprint density at radius 3 is 2.41 bits per heavy atom. The summed E-state index contributed by atoms with van der Waals surface area (Å²) in [6, 6.07) is 17.8. The van der Waals surface area contributed by atoms with E-state index in [2.05, 4.69) is 21.3 Å². The van der Waals surface area contributed by atoms with E-state index in [1.54, 1.807) is 26.1 Å². The number of rotatable bonds is 7. The molecule has 2 bridgehead atoms. The van der Waals surface area contributed by atoms with Crippen molar-refractivity contribution in [1.29, 1.82) is 0 Å². The number of pyridine rings is 1. The van der Waals surface area contributed by atoms with Crippen molar-refractivity contribution in [3.63, 3.8) is 0 Å². The van der Waals surface area contributed by atoms with Crippen LogP contribution in [-0.2, 0) is 13.6 Å². The number of benzene rings is 2. The number of ether oxygens (including phenoxy) is 1. The van der Waals surface area contributed by atoms with Crippen LogP contribution >= 0.6 is 0 Å². The highest BCUT2D eigenvalue weighted by molar-refractivity contribution is 6.00. The molecule has 1 aliphatic heterocycles. The van der Waals surface area contributed by atoms with E-state index < -0.39 is 0 Å². The van der Waals surface area contributed by atoms with E-state index in [1.165, 1.54) is 12.8 Å². The third-order valence-electron chi connectivity index (χ3n) is 10.3. The molecular formula is C36H39N7O3. The minimum Gasteiger partial charge on any atom is -0.494 e. The lowest BCUT2D eigenvalue weighted by Gasteiger charge is -2.27. The van der Waals surface area contributed by atoms with Gasteiger partial charge < -0.3 is 29.4 Å². The lowest BCUT2D eigenvalue weighted by molar-refractivity contribution is 0.0700. The average Bonchev–Trinajstić information content (AvgIpc) is 3.47. The third kappa shape index (κ3) is 4.57. The second-order valence-corrected chi connectivity index (χ2v) is 13.5. The number of amides is 2. The smallest absolute Gasteiger partial charge is 0.254 e. The van der Waals surface area contributed by atoms with Gasteiger partial charge in [0.25, 0.3) is 11.8 Å². The van der Waals surface area contributed by atoms with Gasteiger partial charge in [-0.25, -0.2) is 9.97 Å². The maximum absolute atomic E-state index is 13.7. The van der Waals surface area contributed by atoms with Crippen molar-refractivity contribution in [1.82, 2.24) is 28.9 Å². The minimum absolute atomic E-state index is 0.00579. The molecule has 3 fully saturated rings. The van der Waals surface area contributed by atoms with Crippen LogP contribution in [0, 0.1) is 11.8 Å². The summed E-state index contributed by atoms with van der Waals surface area (Å²) < 4.78 is 10.2. The van der Waals surface area contributed by atoms with Crippen molar-refractivity contribution in [2.24, 2.45) is 24.6 Å². The molecule has 2 amide bonds. The molecule has 2 saturated carbocycles. The Morgan fingerprint density at radius 1 is 0.978 bits per heavy atom. The highest BCUT2D eigenvalue weighted by Gasteiger charge is 2.47. The molecule has 3 aromatic heterocycles. The zero-order valence-electron chi connectivity index (χ0n) is 26.7. The Bertz CT molecular complexity index is 2020. The molecule has 2 aliphatic carbocycles. The van der Waals surface area contributed by atoms with Crippen LogP contribution < -0.4 is 10.5 Å². The maximum Gasteiger partial charge on any atom is 0.254 e. The van der Waals surface area contributed by atoms with Crippen molar-refractivity contribution in [2.75, 3.05) is 27.7 Å². The Morgan fingerprint density at radius 2 is 1.76 bits per heavy atom. The first-order valence-corrected chi connectivity index (χ1v) is 16.2. The van der Waals surface area contributed by atoms with Crippen LogP contribution in [0.1, 0.15) is 46.4 Å². The Balaban J connectivity index is 1.20. The number of piperidine rings is 1. The highest BCUT2D eigenvalue weighted by atomic mass is 16.5. The zero-order valence-corrected chi connectivity index (χ0v) is 26.7. The van der Waals surface area contributed by atoms with Crippen molar-refractivity contribution in [3.8, 4) is 28.5 Å². The maximum atomic E-state index is 13.7. The molecule has 0 unspecified atom stereocenters. The standard InChI is InChI=1S/C36H39N7O3/c1-40(2)35(44)22-9-7-21(8-10-22)26-13-11-23-16-29(42(33(23)38-26)18-20-5-6-20)34-39-27-15-25(17-30(46-4)32(27)41(34)3)36(45)43-19-24-12-14-28(43)31(24)37/h7-11,13,15-17,20,24,28,31H,5-6,12,14,18-19,37H2,1-4H3/t24-,28-,31-/m1/s1. The predicted molar refractivity (Wildman–Crippen MR) is 178 cm³/mol. The SMILES string of the molecule is COc1cc(C(=O)N2C[C@H]3CC[C@@H]2[C@@H]3N)cc2nc(-c3cc4ccc(-c5ccc(C(=O)N(C)C)cc5)nc4n3CC3CC3)n(C)c12. The predicted octanol–water partition coefficient (Wildman–Crippen LogP) is 4.94. The van der Waals surface area contributed by atoms with Gasteiger partial charge in [0.15, 0.2) is 5.82 Å². The van der Waals surface area contributed by atoms with Gasteiger partial charge in [-0.15, -0.1) is 0 Å². The molecule has 0 spiro atoms. The van der Waals surface area contributed by atoms with E-state index in [4.69, 9.17) is 20.4 Å². The molecule has 5 aromatic rings. The lowest BCUT2D eigenvalue weighted by Crippen LogP contribution is -2.41. The van der Waals surface area contributed by atoms with E-state index in [9.17, 15) is 9.59 Å². The average molecular weight is 618 g/mol. The number of methoxy groups -OCH3 is 1. The monoisotopic (exact) mass is 617 g/mol. The van der Waals surface area contributed by atoms with Crippen molar-refractivity contribution < 1.29 is 14.3 Å². The Labute approximate surface area is 267 Å². The molecule has 2 aromatic carbocycles. The van der Waals surface area contributed by atoms with Gasteiger partial charge in [-0.1, -0.05) is 12.1 Å². The summed E-state index contributed by atoms with van der Waals surface area (Å²) in [5, 5.41) is 1.04. The molecular weight excluding hydrogens is 578 g/mol. The topological polar surface area (TPSA) is 112 Å². The molecule has 2 N–H and O–H groups in total. The normalized spacial score (nSPS) is 20.6. The van der Waals surface area contributed by atoms with Gasteiger partial charge in [-0.3, -0.25) is 9.59 Å². The number of fused-ring (bicyclic) bond motifs is 4. The number of hydrogen-bond acceptors (Lipinski definition) is 6. The quantitative estimate of drug-likeness (QED) is 0.277. The number of imidazole rings is 1. The molecule has 0 radical (unpaired) electrons. The molecule has 3 atom stereocenters. The summed E-state index contributed by atoms with van der Waals surface area (Å²) in [7, 11) is 7.15.